The number of ketones is 1. The second-order valence-corrected chi connectivity index (χ2v) is 10.3. The summed E-state index contributed by atoms with van der Waals surface area (Å²) >= 11 is 16.5. The summed E-state index contributed by atoms with van der Waals surface area (Å²) in [4.78, 5) is 40.6. The average molecular weight is 507 g/mol. The zero-order valence-corrected chi connectivity index (χ0v) is 19.8. The van der Waals surface area contributed by atoms with E-state index >= 15 is 0 Å². The Hall–Kier alpha value is -1.58. The number of nitrogens with zero attached hydrogens (tertiary/aromatic N) is 2. The third kappa shape index (κ3) is 7.78. The minimum atomic E-state index is -1.68. The number of ether oxygens (including phenoxy) is 2. The average Bonchev–Trinajstić information content (AvgIpc) is 2.78. The first-order valence-electron chi connectivity index (χ1n) is 10.4. The minimum Gasteiger partial charge on any atom is -0.482 e. The van der Waals surface area contributed by atoms with Gasteiger partial charge in [-0.2, -0.15) is 0 Å². The fourth-order valence-electron chi connectivity index (χ4n) is 3.73. The number of alkyl halides is 3. The molecule has 0 saturated carbocycles. The quantitative estimate of drug-likeness (QED) is 0.328. The maximum Gasteiger partial charge on any atom is 0.344 e. The number of Topliss-reactive ketones (excluding diaryl/α,β-unsaturated/α-hetero) is 1. The van der Waals surface area contributed by atoms with Crippen LogP contribution < -0.4 is 10.1 Å². The van der Waals surface area contributed by atoms with Crippen LogP contribution in [-0.4, -0.2) is 89.8 Å². The van der Waals surface area contributed by atoms with Crippen molar-refractivity contribution >= 4 is 52.5 Å². The molecule has 0 atom stereocenters. The molecule has 1 amide bonds. The van der Waals surface area contributed by atoms with Crippen LogP contribution in [0.15, 0.2) is 24.3 Å². The summed E-state index contributed by atoms with van der Waals surface area (Å²) in [5.74, 6) is -0.462. The fourth-order valence-corrected chi connectivity index (χ4v) is 3.89. The first kappa shape index (κ1) is 25.1. The van der Waals surface area contributed by atoms with Crippen LogP contribution in [0.25, 0.3) is 0 Å². The highest BCUT2D eigenvalue weighted by Gasteiger charge is 2.30. The van der Waals surface area contributed by atoms with Crippen LogP contribution in [0.5, 0.6) is 5.75 Å². The van der Waals surface area contributed by atoms with Crippen LogP contribution >= 0.6 is 34.8 Å². The normalized spacial score (nSPS) is 18.5. The van der Waals surface area contributed by atoms with Gasteiger partial charge in [-0.15, -0.1) is 0 Å². The molecule has 0 spiro atoms. The summed E-state index contributed by atoms with van der Waals surface area (Å²) in [6.45, 7) is 2.96. The first-order valence-corrected chi connectivity index (χ1v) is 11.6. The highest BCUT2D eigenvalue weighted by Crippen LogP contribution is 2.26. The van der Waals surface area contributed by atoms with Gasteiger partial charge in [0, 0.05) is 24.7 Å². The molecule has 2 aliphatic heterocycles. The van der Waals surface area contributed by atoms with Crippen molar-refractivity contribution in [2.45, 2.75) is 22.7 Å². The van der Waals surface area contributed by atoms with E-state index in [-0.39, 0.29) is 31.4 Å². The van der Waals surface area contributed by atoms with Gasteiger partial charge in [-0.1, -0.05) is 34.8 Å². The van der Waals surface area contributed by atoms with Crippen LogP contribution in [0.4, 0.5) is 0 Å². The number of carbonyl (C=O) groups is 3. The van der Waals surface area contributed by atoms with Crippen LogP contribution in [-0.2, 0) is 14.3 Å². The summed E-state index contributed by atoms with van der Waals surface area (Å²) < 4.78 is 8.41. The predicted molar refractivity (Wildman–Crippen MR) is 122 cm³/mol. The minimum absolute atomic E-state index is 0.0172. The number of halogens is 3. The van der Waals surface area contributed by atoms with Gasteiger partial charge >= 0.3 is 5.97 Å². The van der Waals surface area contributed by atoms with Crippen molar-refractivity contribution < 1.29 is 23.9 Å². The maximum absolute atomic E-state index is 12.6. The summed E-state index contributed by atoms with van der Waals surface area (Å²) in [6, 6.07) is 6.78. The molecular formula is C21H26Cl3N3O5. The number of hydrogen-bond acceptors (Lipinski definition) is 7. The van der Waals surface area contributed by atoms with Crippen LogP contribution in [0.2, 0.25) is 0 Å². The van der Waals surface area contributed by atoms with E-state index in [0.717, 1.165) is 32.5 Å². The van der Waals surface area contributed by atoms with E-state index in [1.54, 1.807) is 29.2 Å². The summed E-state index contributed by atoms with van der Waals surface area (Å²) in [5, 5.41) is 3.33. The van der Waals surface area contributed by atoms with Gasteiger partial charge in [0.1, 0.15) is 12.4 Å². The molecule has 0 radical (unpaired) electrons. The van der Waals surface area contributed by atoms with Crippen LogP contribution in [0, 0.1) is 0 Å². The molecule has 2 fully saturated rings. The van der Waals surface area contributed by atoms with Crippen molar-refractivity contribution in [3.8, 4) is 5.75 Å². The summed E-state index contributed by atoms with van der Waals surface area (Å²) in [7, 11) is 0. The van der Waals surface area contributed by atoms with E-state index in [2.05, 4.69) is 10.2 Å². The molecule has 2 saturated heterocycles. The Labute approximate surface area is 202 Å². The van der Waals surface area contributed by atoms with E-state index in [1.165, 1.54) is 0 Å². The summed E-state index contributed by atoms with van der Waals surface area (Å²) in [5.41, 5.74) is 0.463. The molecule has 8 nitrogen and oxygen atoms in total. The van der Waals surface area contributed by atoms with Gasteiger partial charge in [0.05, 0.1) is 13.1 Å². The maximum atomic E-state index is 12.6. The van der Waals surface area contributed by atoms with Gasteiger partial charge in [0.2, 0.25) is 9.70 Å². The highest BCUT2D eigenvalue weighted by atomic mass is 35.6. The lowest BCUT2D eigenvalue weighted by atomic mass is 10.0. The van der Waals surface area contributed by atoms with Crippen molar-refractivity contribution in [3.63, 3.8) is 0 Å². The predicted octanol–water partition coefficient (Wildman–Crippen LogP) is 2.06. The smallest absolute Gasteiger partial charge is 0.344 e. The SMILES string of the molecule is O=C(COc1ccc(C(=O)CN2CCN(C3CCNCC3)CC2=O)cc1)OCC(Cl)(Cl)Cl. The molecule has 0 unspecified atom stereocenters. The van der Waals surface area contributed by atoms with Crippen molar-refractivity contribution in [2.75, 3.05) is 52.5 Å². The van der Waals surface area contributed by atoms with E-state index in [4.69, 9.17) is 44.3 Å². The monoisotopic (exact) mass is 505 g/mol. The Morgan fingerprint density at radius 1 is 1.09 bits per heavy atom. The second-order valence-electron chi connectivity index (χ2n) is 7.78. The zero-order chi connectivity index (χ0) is 23.1. The molecule has 1 aromatic rings. The van der Waals surface area contributed by atoms with Gasteiger partial charge in [0.15, 0.2) is 12.4 Å². The van der Waals surface area contributed by atoms with Gasteiger partial charge in [0.25, 0.3) is 0 Å². The lowest BCUT2D eigenvalue weighted by molar-refractivity contribution is -0.145. The lowest BCUT2D eigenvalue weighted by Gasteiger charge is -2.40. The number of benzene rings is 1. The number of nitrogens with one attached hydrogen (secondary N) is 1. The van der Waals surface area contributed by atoms with Gasteiger partial charge in [-0.25, -0.2) is 4.79 Å². The number of carbonyl (C=O) groups excluding carboxylic acids is 3. The molecule has 11 heteroatoms. The van der Waals surface area contributed by atoms with E-state index < -0.39 is 9.76 Å². The van der Waals surface area contributed by atoms with Crippen LogP contribution in [0.1, 0.15) is 23.2 Å². The highest BCUT2D eigenvalue weighted by molar-refractivity contribution is 6.67. The first-order chi connectivity index (χ1) is 15.2. The topological polar surface area (TPSA) is 88.2 Å². The Morgan fingerprint density at radius 2 is 1.78 bits per heavy atom. The number of esters is 1. The standard InChI is InChI=1S/C21H26Cl3N3O5/c22-21(23,24)14-32-20(30)13-31-17-3-1-15(2-4-17)18(28)11-27-10-9-26(12-19(27)29)16-5-7-25-8-6-16/h1-4,16,25H,5-14H2. The third-order valence-corrected chi connectivity index (χ3v) is 5.76. The summed E-state index contributed by atoms with van der Waals surface area (Å²) in [6.07, 6.45) is 2.09. The molecule has 3 rings (SSSR count). The zero-order valence-electron chi connectivity index (χ0n) is 17.5. The Balaban J connectivity index is 1.43. The van der Waals surface area contributed by atoms with Gasteiger partial charge < -0.3 is 19.7 Å². The lowest BCUT2D eigenvalue weighted by Crippen LogP contribution is -2.56. The van der Waals surface area contributed by atoms with Crippen molar-refractivity contribution in [2.24, 2.45) is 0 Å². The second kappa shape index (κ2) is 11.5. The number of piperidine rings is 1. The largest absolute Gasteiger partial charge is 0.482 e. The van der Waals surface area contributed by atoms with E-state index in [9.17, 15) is 14.4 Å². The number of amides is 1. The molecule has 0 aromatic heterocycles. The van der Waals surface area contributed by atoms with Crippen molar-refractivity contribution in [1.82, 2.24) is 15.1 Å². The number of hydrogen-bond donors (Lipinski definition) is 1. The Kier molecular flexibility index (Phi) is 9.02. The Morgan fingerprint density at radius 3 is 2.41 bits per heavy atom. The molecule has 32 heavy (non-hydrogen) atoms. The number of piperazine rings is 1. The molecular weight excluding hydrogens is 481 g/mol. The molecule has 2 heterocycles. The van der Waals surface area contributed by atoms with E-state index in [0.29, 0.717) is 30.4 Å². The molecule has 2 aliphatic rings. The third-order valence-electron chi connectivity index (χ3n) is 5.44. The molecule has 0 aliphatic carbocycles. The van der Waals surface area contributed by atoms with Crippen molar-refractivity contribution in [1.29, 1.82) is 0 Å². The molecule has 1 aromatic carbocycles. The van der Waals surface area contributed by atoms with E-state index in [1.807, 2.05) is 0 Å². The fraction of sp³-hybridized carbons (Fsp3) is 0.571. The van der Waals surface area contributed by atoms with Crippen molar-refractivity contribution in [3.05, 3.63) is 29.8 Å². The molecule has 0 bridgehead atoms. The Bertz CT molecular complexity index is 810. The van der Waals surface area contributed by atoms with Gasteiger partial charge in [-0.3, -0.25) is 14.5 Å². The van der Waals surface area contributed by atoms with Crippen LogP contribution in [0.3, 0.4) is 0 Å². The molecule has 1 N–H and O–H groups in total. The number of rotatable bonds is 8. The van der Waals surface area contributed by atoms with Gasteiger partial charge in [-0.05, 0) is 50.2 Å². The molecule has 176 valence electrons.